The molecule has 0 aromatic heterocycles. The summed E-state index contributed by atoms with van der Waals surface area (Å²) in [5.74, 6) is -0.923. The van der Waals surface area contributed by atoms with Crippen molar-refractivity contribution in [3.8, 4) is 11.1 Å². The van der Waals surface area contributed by atoms with Crippen molar-refractivity contribution in [1.29, 1.82) is 0 Å². The summed E-state index contributed by atoms with van der Waals surface area (Å²) in [4.78, 5) is 27.7. The molecule has 4 unspecified atom stereocenters. The minimum atomic E-state index is -0.809. The molecule has 3 N–H and O–H groups in total. The number of aliphatic hydroxyl groups is 1. The van der Waals surface area contributed by atoms with Gasteiger partial charge in [0, 0.05) is 57.4 Å². The fourth-order valence-corrected chi connectivity index (χ4v) is 7.45. The third-order valence-corrected chi connectivity index (χ3v) is 10.5. The maximum atomic E-state index is 12.8. The third kappa shape index (κ3) is 9.54. The second-order valence-electron chi connectivity index (χ2n) is 14.2. The monoisotopic (exact) mass is 735 g/mol. The molecule has 284 valence electrons. The quantitative estimate of drug-likeness (QED) is 0.155. The molecule has 0 saturated carbocycles. The van der Waals surface area contributed by atoms with E-state index in [1.807, 2.05) is 91.0 Å². The Labute approximate surface area is 316 Å². The number of benzene rings is 4. The molecule has 3 heterocycles. The van der Waals surface area contributed by atoms with E-state index in [-0.39, 0.29) is 25.4 Å². The van der Waals surface area contributed by atoms with E-state index in [4.69, 9.17) is 23.7 Å². The first-order chi connectivity index (χ1) is 26.4. The number of likely N-dealkylation sites (tertiary alicyclic amines) is 1. The second kappa shape index (κ2) is 17.7. The average molecular weight is 736 g/mol. The molecular weight excluding hydrogens is 686 g/mol. The van der Waals surface area contributed by atoms with Gasteiger partial charge in [0.1, 0.15) is 6.04 Å². The van der Waals surface area contributed by atoms with Gasteiger partial charge >= 0.3 is 12.0 Å². The van der Waals surface area contributed by atoms with Crippen LogP contribution in [-0.4, -0.2) is 79.9 Å². The van der Waals surface area contributed by atoms with Crippen molar-refractivity contribution in [2.75, 3.05) is 40.0 Å². The van der Waals surface area contributed by atoms with Gasteiger partial charge in [0.25, 0.3) is 0 Å². The molecule has 11 nitrogen and oxygen atoms in total. The highest BCUT2D eigenvalue weighted by Gasteiger charge is 2.41. The number of hydrogen-bond donors (Lipinski definition) is 3. The van der Waals surface area contributed by atoms with Gasteiger partial charge in [-0.2, -0.15) is 0 Å². The van der Waals surface area contributed by atoms with Gasteiger partial charge in [-0.25, -0.2) is 9.59 Å². The van der Waals surface area contributed by atoms with Gasteiger partial charge in [-0.1, -0.05) is 97.1 Å². The molecule has 7 rings (SSSR count). The minimum Gasteiger partial charge on any atom is -0.467 e. The SMILES string of the molecule is COC(=O)C(Cc1ccccc1)NC(=O)NCc1cccc(-c2ccc(C3OC(CN4CCC5(CC4)OCCO5)CC(c4ccc(CO)cc4)O3)cc2)c1. The molecule has 4 aromatic rings. The Kier molecular flexibility index (Phi) is 12.3. The zero-order valence-electron chi connectivity index (χ0n) is 30.7. The second-order valence-corrected chi connectivity index (χ2v) is 14.2. The maximum Gasteiger partial charge on any atom is 0.328 e. The number of carbonyl (C=O) groups is 2. The molecule has 3 fully saturated rings. The van der Waals surface area contributed by atoms with Crippen LogP contribution in [0.4, 0.5) is 4.79 Å². The number of rotatable bonds is 12. The van der Waals surface area contributed by atoms with Gasteiger partial charge in [-0.05, 0) is 39.4 Å². The number of methoxy groups -OCH3 is 1. The summed E-state index contributed by atoms with van der Waals surface area (Å²) in [6.45, 7) is 4.16. The van der Waals surface area contributed by atoms with E-state index >= 15 is 0 Å². The molecule has 3 aliphatic rings. The Morgan fingerprint density at radius 1 is 0.833 bits per heavy atom. The van der Waals surface area contributed by atoms with Crippen molar-refractivity contribution in [3.05, 3.63) is 131 Å². The van der Waals surface area contributed by atoms with Crippen LogP contribution in [0.15, 0.2) is 103 Å². The predicted molar refractivity (Wildman–Crippen MR) is 202 cm³/mol. The lowest BCUT2D eigenvalue weighted by molar-refractivity contribution is -0.255. The highest BCUT2D eigenvalue weighted by Crippen LogP contribution is 2.39. The van der Waals surface area contributed by atoms with Gasteiger partial charge in [0.2, 0.25) is 0 Å². The van der Waals surface area contributed by atoms with E-state index in [1.54, 1.807) is 0 Å². The number of aliphatic hydroxyl groups excluding tert-OH is 1. The largest absolute Gasteiger partial charge is 0.467 e. The summed E-state index contributed by atoms with van der Waals surface area (Å²) < 4.78 is 30.1. The van der Waals surface area contributed by atoms with Gasteiger partial charge in [0.15, 0.2) is 12.1 Å². The molecule has 2 amide bonds. The van der Waals surface area contributed by atoms with Gasteiger partial charge in [-0.3, -0.25) is 0 Å². The molecule has 0 radical (unpaired) electrons. The summed E-state index contributed by atoms with van der Waals surface area (Å²) in [6, 6.07) is 32.4. The summed E-state index contributed by atoms with van der Waals surface area (Å²) in [7, 11) is 1.31. The molecule has 0 aliphatic carbocycles. The fraction of sp³-hybridized carbons (Fsp3) is 0.395. The van der Waals surface area contributed by atoms with E-state index in [0.717, 1.165) is 77.8 Å². The van der Waals surface area contributed by atoms with E-state index in [0.29, 0.717) is 19.6 Å². The predicted octanol–water partition coefficient (Wildman–Crippen LogP) is 5.81. The highest BCUT2D eigenvalue weighted by atomic mass is 16.7. The lowest BCUT2D eigenvalue weighted by atomic mass is 9.98. The smallest absolute Gasteiger partial charge is 0.328 e. The van der Waals surface area contributed by atoms with Crippen LogP contribution in [0, 0.1) is 0 Å². The number of nitrogens with one attached hydrogen (secondary N) is 2. The molecule has 11 heteroatoms. The van der Waals surface area contributed by atoms with E-state index in [9.17, 15) is 14.7 Å². The van der Waals surface area contributed by atoms with Crippen LogP contribution >= 0.6 is 0 Å². The van der Waals surface area contributed by atoms with E-state index < -0.39 is 30.1 Å². The molecule has 0 bridgehead atoms. The lowest BCUT2D eigenvalue weighted by Gasteiger charge is -2.41. The number of nitrogens with zero attached hydrogens (tertiary/aromatic N) is 1. The highest BCUT2D eigenvalue weighted by molar-refractivity contribution is 5.83. The zero-order chi connectivity index (χ0) is 37.3. The van der Waals surface area contributed by atoms with Gasteiger partial charge in [-0.15, -0.1) is 0 Å². The first kappa shape index (κ1) is 37.7. The number of amides is 2. The van der Waals surface area contributed by atoms with Crippen LogP contribution in [0.5, 0.6) is 0 Å². The topological polar surface area (TPSA) is 128 Å². The van der Waals surface area contributed by atoms with Crippen LogP contribution < -0.4 is 10.6 Å². The van der Waals surface area contributed by atoms with Crippen molar-refractivity contribution in [2.24, 2.45) is 0 Å². The fourth-order valence-electron chi connectivity index (χ4n) is 7.45. The Morgan fingerprint density at radius 3 is 2.24 bits per heavy atom. The van der Waals surface area contributed by atoms with Crippen LogP contribution in [0.25, 0.3) is 11.1 Å². The number of esters is 1. The Hall–Kier alpha value is -4.62. The van der Waals surface area contributed by atoms with E-state index in [2.05, 4.69) is 27.7 Å². The van der Waals surface area contributed by atoms with Crippen LogP contribution in [0.3, 0.4) is 0 Å². The van der Waals surface area contributed by atoms with E-state index in [1.165, 1.54) is 7.11 Å². The number of ether oxygens (including phenoxy) is 5. The van der Waals surface area contributed by atoms with Crippen molar-refractivity contribution < 1.29 is 38.4 Å². The van der Waals surface area contributed by atoms with Crippen LogP contribution in [0.2, 0.25) is 0 Å². The van der Waals surface area contributed by atoms with Crippen LogP contribution in [0.1, 0.15) is 59.5 Å². The summed E-state index contributed by atoms with van der Waals surface area (Å²) in [5, 5.41) is 15.2. The molecule has 54 heavy (non-hydrogen) atoms. The molecule has 1 spiro atoms. The maximum absolute atomic E-state index is 12.8. The Bertz CT molecular complexity index is 1820. The molecule has 4 aromatic carbocycles. The van der Waals surface area contributed by atoms with Gasteiger partial charge in [0.05, 0.1) is 39.1 Å². The Balaban J connectivity index is 0.990. The molecule has 3 saturated heterocycles. The number of piperidine rings is 1. The lowest BCUT2D eigenvalue weighted by Crippen LogP contribution is -2.48. The standard InChI is InChI=1S/C43H49N3O8/c1-50-40(48)38(25-30-6-3-2-4-7-30)45-42(49)44-27-32-8-5-9-36(24-32)33-14-16-35(17-15-33)41-53-37(26-39(54-41)34-12-10-31(29-47)11-13-34)28-46-20-18-43(19-21-46)51-22-23-52-43/h2-17,24,37-39,41,47H,18-23,25-29H2,1H3,(H2,44,45,49). The normalized spacial score (nSPS) is 21.7. The van der Waals surface area contributed by atoms with Crippen LogP contribution in [-0.2, 0) is 48.1 Å². The molecular formula is C43H49N3O8. The average Bonchev–Trinajstić information content (AvgIpc) is 3.68. The first-order valence-electron chi connectivity index (χ1n) is 18.7. The number of hydrogen-bond acceptors (Lipinski definition) is 9. The number of urea groups is 1. The minimum absolute atomic E-state index is 0.00218. The van der Waals surface area contributed by atoms with Crippen molar-refractivity contribution >= 4 is 12.0 Å². The first-order valence-corrected chi connectivity index (χ1v) is 18.7. The van der Waals surface area contributed by atoms with Crippen molar-refractivity contribution in [1.82, 2.24) is 15.5 Å². The van der Waals surface area contributed by atoms with Crippen molar-refractivity contribution in [2.45, 2.75) is 69.2 Å². The summed E-state index contributed by atoms with van der Waals surface area (Å²) in [6.07, 6.45) is 1.98. The third-order valence-electron chi connectivity index (χ3n) is 10.5. The summed E-state index contributed by atoms with van der Waals surface area (Å²) >= 11 is 0. The van der Waals surface area contributed by atoms with Crippen molar-refractivity contribution in [3.63, 3.8) is 0 Å². The Morgan fingerprint density at radius 2 is 1.54 bits per heavy atom. The zero-order valence-corrected chi connectivity index (χ0v) is 30.7. The summed E-state index contributed by atoms with van der Waals surface area (Å²) in [5.41, 5.74) is 6.70. The molecule has 3 aliphatic heterocycles. The van der Waals surface area contributed by atoms with Gasteiger partial charge < -0.3 is 44.3 Å². The molecule has 4 atom stereocenters. The number of carbonyl (C=O) groups excluding carboxylic acids is 2.